The molecule has 2 aromatic carbocycles. The third-order valence-corrected chi connectivity index (χ3v) is 7.56. The lowest BCUT2D eigenvalue weighted by Gasteiger charge is -2.36. The predicted molar refractivity (Wildman–Crippen MR) is 150 cm³/mol. The minimum Gasteiger partial charge on any atom is -0.345 e. The number of hydrogen-bond acceptors (Lipinski definition) is 2. The van der Waals surface area contributed by atoms with Crippen molar-refractivity contribution in [3.63, 3.8) is 0 Å². The zero-order chi connectivity index (χ0) is 26.2. The zero-order valence-electron chi connectivity index (χ0n) is 21.8. The van der Waals surface area contributed by atoms with Crippen LogP contribution in [0.2, 0.25) is 5.02 Å². The SMILES string of the molecule is CCN(CC(=O)N(Cc1cccn1Cc1ccccc1Cl)C1CCCCC1)C(=O)Nc1ccc(C)cc1. The van der Waals surface area contributed by atoms with Gasteiger partial charge in [-0.15, -0.1) is 0 Å². The van der Waals surface area contributed by atoms with E-state index in [9.17, 15) is 9.59 Å². The first kappa shape index (κ1) is 26.8. The van der Waals surface area contributed by atoms with Crippen LogP contribution in [0.15, 0.2) is 66.9 Å². The van der Waals surface area contributed by atoms with Gasteiger partial charge in [0.1, 0.15) is 6.54 Å². The number of likely N-dealkylation sites (N-methyl/N-ethyl adjacent to an activating group) is 1. The topological polar surface area (TPSA) is 57.6 Å². The van der Waals surface area contributed by atoms with Gasteiger partial charge in [0.2, 0.25) is 5.91 Å². The average Bonchev–Trinajstić information content (AvgIpc) is 3.35. The Labute approximate surface area is 225 Å². The van der Waals surface area contributed by atoms with Crippen molar-refractivity contribution >= 4 is 29.2 Å². The summed E-state index contributed by atoms with van der Waals surface area (Å²) in [5.74, 6) is -0.0155. The van der Waals surface area contributed by atoms with E-state index in [0.29, 0.717) is 19.6 Å². The van der Waals surface area contributed by atoms with Gasteiger partial charge in [0.15, 0.2) is 0 Å². The highest BCUT2D eigenvalue weighted by atomic mass is 35.5. The second-order valence-corrected chi connectivity index (χ2v) is 10.2. The molecule has 196 valence electrons. The predicted octanol–water partition coefficient (Wildman–Crippen LogP) is 6.71. The molecule has 0 bridgehead atoms. The van der Waals surface area contributed by atoms with Crippen molar-refractivity contribution in [1.29, 1.82) is 0 Å². The first-order chi connectivity index (χ1) is 17.9. The number of carbonyl (C=O) groups is 2. The van der Waals surface area contributed by atoms with Crippen molar-refractivity contribution in [2.75, 3.05) is 18.4 Å². The number of urea groups is 1. The summed E-state index contributed by atoms with van der Waals surface area (Å²) >= 11 is 6.42. The second kappa shape index (κ2) is 12.8. The molecule has 3 aromatic rings. The molecule has 0 saturated heterocycles. The molecule has 0 atom stereocenters. The average molecular weight is 521 g/mol. The van der Waals surface area contributed by atoms with Crippen molar-refractivity contribution in [2.24, 2.45) is 0 Å². The van der Waals surface area contributed by atoms with Crippen molar-refractivity contribution in [1.82, 2.24) is 14.4 Å². The van der Waals surface area contributed by atoms with Crippen LogP contribution < -0.4 is 5.32 Å². The van der Waals surface area contributed by atoms with Crippen molar-refractivity contribution in [3.05, 3.63) is 88.7 Å². The summed E-state index contributed by atoms with van der Waals surface area (Å²) in [6.07, 6.45) is 7.50. The van der Waals surface area contributed by atoms with Crippen molar-refractivity contribution in [2.45, 2.75) is 65.1 Å². The van der Waals surface area contributed by atoms with E-state index >= 15 is 0 Å². The number of amides is 3. The van der Waals surface area contributed by atoms with Crippen LogP contribution in [0, 0.1) is 6.92 Å². The third kappa shape index (κ3) is 7.16. The molecule has 1 saturated carbocycles. The van der Waals surface area contributed by atoms with Gasteiger partial charge in [-0.25, -0.2) is 4.79 Å². The standard InChI is InChI=1S/C30H37ClN4O2/c1-3-33(30(37)32-25-17-15-23(2)16-18-25)22-29(36)35(26-11-5-4-6-12-26)21-27-13-9-19-34(27)20-24-10-7-8-14-28(24)31/h7-10,13-19,26H,3-6,11-12,20-22H2,1-2H3,(H,32,37). The molecule has 1 fully saturated rings. The fourth-order valence-corrected chi connectivity index (χ4v) is 5.16. The van der Waals surface area contributed by atoms with E-state index in [4.69, 9.17) is 11.6 Å². The summed E-state index contributed by atoms with van der Waals surface area (Å²) in [6.45, 7) is 5.57. The first-order valence-corrected chi connectivity index (χ1v) is 13.6. The lowest BCUT2D eigenvalue weighted by Crippen LogP contribution is -2.48. The van der Waals surface area contributed by atoms with Gasteiger partial charge in [-0.3, -0.25) is 4.79 Å². The van der Waals surface area contributed by atoms with E-state index in [-0.39, 0.29) is 24.5 Å². The van der Waals surface area contributed by atoms with Crippen LogP contribution in [0.3, 0.4) is 0 Å². The summed E-state index contributed by atoms with van der Waals surface area (Å²) in [5, 5.41) is 3.67. The summed E-state index contributed by atoms with van der Waals surface area (Å²) in [4.78, 5) is 30.3. The van der Waals surface area contributed by atoms with Crippen LogP contribution in [0.5, 0.6) is 0 Å². The molecule has 0 unspecified atom stereocenters. The molecule has 6 nitrogen and oxygen atoms in total. The number of hydrogen-bond donors (Lipinski definition) is 1. The number of aromatic nitrogens is 1. The highest BCUT2D eigenvalue weighted by Gasteiger charge is 2.28. The molecule has 0 spiro atoms. The van der Waals surface area contributed by atoms with Crippen LogP contribution >= 0.6 is 11.6 Å². The van der Waals surface area contributed by atoms with E-state index < -0.39 is 0 Å². The molecule has 1 aliphatic rings. The van der Waals surface area contributed by atoms with E-state index in [1.807, 2.05) is 79.5 Å². The maximum absolute atomic E-state index is 13.7. The van der Waals surface area contributed by atoms with Crippen LogP contribution in [0.1, 0.15) is 55.8 Å². The number of aryl methyl sites for hydroxylation is 1. The minimum absolute atomic E-state index is 0.0155. The van der Waals surface area contributed by atoms with Crippen LogP contribution in [-0.4, -0.2) is 45.4 Å². The van der Waals surface area contributed by atoms with Gasteiger partial charge >= 0.3 is 6.03 Å². The summed E-state index contributed by atoms with van der Waals surface area (Å²) in [7, 11) is 0. The van der Waals surface area contributed by atoms with Gasteiger partial charge in [-0.2, -0.15) is 0 Å². The number of nitrogens with zero attached hydrogens (tertiary/aromatic N) is 3. The second-order valence-electron chi connectivity index (χ2n) is 9.84. The Morgan fingerprint density at radius 3 is 2.43 bits per heavy atom. The fraction of sp³-hybridized carbons (Fsp3) is 0.400. The first-order valence-electron chi connectivity index (χ1n) is 13.2. The summed E-state index contributed by atoms with van der Waals surface area (Å²) in [5.41, 5.74) is 3.96. The van der Waals surface area contributed by atoms with E-state index in [1.165, 1.54) is 6.42 Å². The van der Waals surface area contributed by atoms with Gasteiger partial charge in [0.25, 0.3) is 0 Å². The Kier molecular flexibility index (Phi) is 9.29. The number of benzene rings is 2. The Balaban J connectivity index is 1.49. The molecular formula is C30H37ClN4O2. The molecule has 1 heterocycles. The quantitative estimate of drug-likeness (QED) is 0.340. The third-order valence-electron chi connectivity index (χ3n) is 7.19. The highest BCUT2D eigenvalue weighted by Crippen LogP contribution is 2.25. The lowest BCUT2D eigenvalue weighted by molar-refractivity contribution is -0.135. The molecule has 7 heteroatoms. The number of carbonyl (C=O) groups excluding carboxylic acids is 2. The van der Waals surface area contributed by atoms with E-state index in [1.54, 1.807) is 4.90 Å². The molecular weight excluding hydrogens is 484 g/mol. The summed E-state index contributed by atoms with van der Waals surface area (Å²) in [6, 6.07) is 19.5. The lowest BCUT2D eigenvalue weighted by atomic mass is 9.94. The normalized spacial score (nSPS) is 13.8. The number of halogens is 1. The van der Waals surface area contributed by atoms with Gasteiger partial charge in [0, 0.05) is 41.7 Å². The van der Waals surface area contributed by atoms with Crippen LogP contribution in [0.25, 0.3) is 0 Å². The van der Waals surface area contributed by atoms with Crippen LogP contribution in [-0.2, 0) is 17.9 Å². The molecule has 1 aromatic heterocycles. The maximum atomic E-state index is 13.7. The van der Waals surface area contributed by atoms with Gasteiger partial charge < -0.3 is 19.7 Å². The van der Waals surface area contributed by atoms with Gasteiger partial charge in [-0.05, 0) is 62.6 Å². The maximum Gasteiger partial charge on any atom is 0.322 e. The fourth-order valence-electron chi connectivity index (χ4n) is 4.97. The molecule has 0 aliphatic heterocycles. The Hall–Kier alpha value is -3.25. The molecule has 4 rings (SSSR count). The van der Waals surface area contributed by atoms with Crippen LogP contribution in [0.4, 0.5) is 10.5 Å². The largest absolute Gasteiger partial charge is 0.345 e. The Morgan fingerprint density at radius 2 is 1.73 bits per heavy atom. The Morgan fingerprint density at radius 1 is 1.00 bits per heavy atom. The molecule has 3 amide bonds. The Bertz CT molecular complexity index is 1180. The molecule has 1 aliphatic carbocycles. The molecule has 37 heavy (non-hydrogen) atoms. The van der Waals surface area contributed by atoms with Gasteiger partial charge in [-0.1, -0.05) is 66.8 Å². The molecule has 1 N–H and O–H groups in total. The van der Waals surface area contributed by atoms with Gasteiger partial charge in [0.05, 0.1) is 6.54 Å². The van der Waals surface area contributed by atoms with Crippen molar-refractivity contribution in [3.8, 4) is 0 Å². The number of anilines is 1. The van der Waals surface area contributed by atoms with Crippen molar-refractivity contribution < 1.29 is 9.59 Å². The summed E-state index contributed by atoms with van der Waals surface area (Å²) < 4.78 is 2.16. The number of nitrogens with one attached hydrogen (secondary N) is 1. The number of rotatable bonds is 9. The zero-order valence-corrected chi connectivity index (χ0v) is 22.6. The smallest absolute Gasteiger partial charge is 0.322 e. The van der Waals surface area contributed by atoms with E-state index in [2.05, 4.69) is 16.0 Å². The molecule has 0 radical (unpaired) electrons. The van der Waals surface area contributed by atoms with E-state index in [0.717, 1.165) is 53.2 Å². The minimum atomic E-state index is -0.259. The monoisotopic (exact) mass is 520 g/mol. The highest BCUT2D eigenvalue weighted by molar-refractivity contribution is 6.31.